The second kappa shape index (κ2) is 7.47. The fourth-order valence-electron chi connectivity index (χ4n) is 1.58. The molecule has 0 atom stereocenters. The van der Waals surface area contributed by atoms with E-state index in [2.05, 4.69) is 10.2 Å². The molecule has 1 heterocycles. The van der Waals surface area contributed by atoms with Crippen molar-refractivity contribution in [3.8, 4) is 0 Å². The fraction of sp³-hybridized carbons (Fsp3) is 0.583. The molecule has 1 rings (SSSR count). The van der Waals surface area contributed by atoms with Crippen LogP contribution in [0.1, 0.15) is 26.0 Å². The number of carbonyl (C=O) groups excluding carboxylic acids is 2. The standard InChI is InChI=1S/C12H19N3O3/c1-3-7-15(9-12(17)18-4-2)11(16)8-10-5-6-13-14-10/h5-6H,3-4,7-9H2,1-2H3,(H,13,14). The van der Waals surface area contributed by atoms with Crippen molar-refractivity contribution >= 4 is 11.9 Å². The Morgan fingerprint density at radius 2 is 2.22 bits per heavy atom. The molecule has 6 heteroatoms. The monoisotopic (exact) mass is 253 g/mol. The van der Waals surface area contributed by atoms with Gasteiger partial charge >= 0.3 is 5.97 Å². The zero-order chi connectivity index (χ0) is 13.4. The summed E-state index contributed by atoms with van der Waals surface area (Å²) in [5.41, 5.74) is 0.741. The van der Waals surface area contributed by atoms with Crippen LogP contribution in [0.25, 0.3) is 0 Å². The first kappa shape index (κ1) is 14.2. The number of amides is 1. The lowest BCUT2D eigenvalue weighted by Gasteiger charge is -2.20. The summed E-state index contributed by atoms with van der Waals surface area (Å²) >= 11 is 0. The molecule has 0 radical (unpaired) electrons. The SMILES string of the molecule is CCCN(CC(=O)OCC)C(=O)Cc1ccn[nH]1. The van der Waals surface area contributed by atoms with E-state index >= 15 is 0 Å². The number of nitrogens with zero attached hydrogens (tertiary/aromatic N) is 2. The lowest BCUT2D eigenvalue weighted by atomic mass is 10.2. The topological polar surface area (TPSA) is 75.3 Å². The molecule has 100 valence electrons. The Morgan fingerprint density at radius 3 is 2.78 bits per heavy atom. The minimum Gasteiger partial charge on any atom is -0.465 e. The number of hydrogen-bond donors (Lipinski definition) is 1. The smallest absolute Gasteiger partial charge is 0.325 e. The van der Waals surface area contributed by atoms with Crippen molar-refractivity contribution in [1.82, 2.24) is 15.1 Å². The van der Waals surface area contributed by atoms with Gasteiger partial charge in [0.25, 0.3) is 0 Å². The third-order valence-electron chi connectivity index (χ3n) is 2.37. The van der Waals surface area contributed by atoms with Gasteiger partial charge in [0.05, 0.1) is 13.0 Å². The Kier molecular flexibility index (Phi) is 5.90. The molecule has 18 heavy (non-hydrogen) atoms. The first-order valence-corrected chi connectivity index (χ1v) is 6.09. The number of esters is 1. The predicted molar refractivity (Wildman–Crippen MR) is 65.8 cm³/mol. The maximum atomic E-state index is 12.0. The number of rotatable bonds is 7. The van der Waals surface area contributed by atoms with E-state index in [1.54, 1.807) is 19.2 Å². The number of aromatic amines is 1. The summed E-state index contributed by atoms with van der Waals surface area (Å²) in [6, 6.07) is 1.74. The number of nitrogens with one attached hydrogen (secondary N) is 1. The third-order valence-corrected chi connectivity index (χ3v) is 2.37. The van der Waals surface area contributed by atoms with E-state index in [1.807, 2.05) is 6.92 Å². The molecule has 0 fully saturated rings. The van der Waals surface area contributed by atoms with E-state index in [0.29, 0.717) is 13.2 Å². The Balaban J connectivity index is 2.54. The highest BCUT2D eigenvalue weighted by atomic mass is 16.5. The molecule has 1 aromatic rings. The highest BCUT2D eigenvalue weighted by Crippen LogP contribution is 2.01. The van der Waals surface area contributed by atoms with Gasteiger partial charge in [0.2, 0.25) is 5.91 Å². The molecular formula is C12H19N3O3. The van der Waals surface area contributed by atoms with Gasteiger partial charge in [-0.15, -0.1) is 0 Å². The normalized spacial score (nSPS) is 10.1. The maximum Gasteiger partial charge on any atom is 0.325 e. The first-order valence-electron chi connectivity index (χ1n) is 6.09. The Labute approximate surface area is 106 Å². The largest absolute Gasteiger partial charge is 0.465 e. The molecule has 0 aromatic carbocycles. The van der Waals surface area contributed by atoms with Crippen molar-refractivity contribution in [2.24, 2.45) is 0 Å². The number of carbonyl (C=O) groups is 2. The number of hydrogen-bond acceptors (Lipinski definition) is 4. The lowest BCUT2D eigenvalue weighted by Crippen LogP contribution is -2.38. The summed E-state index contributed by atoms with van der Waals surface area (Å²) in [7, 11) is 0. The molecule has 0 saturated carbocycles. The van der Waals surface area contributed by atoms with Gasteiger partial charge in [-0.1, -0.05) is 6.92 Å². The summed E-state index contributed by atoms with van der Waals surface area (Å²) in [5, 5.41) is 6.51. The van der Waals surface area contributed by atoms with Crippen molar-refractivity contribution in [3.05, 3.63) is 18.0 Å². The maximum absolute atomic E-state index is 12.0. The van der Waals surface area contributed by atoms with Crippen LogP contribution in [-0.2, 0) is 20.7 Å². The van der Waals surface area contributed by atoms with Gasteiger partial charge in [0.1, 0.15) is 6.54 Å². The molecule has 1 N–H and O–H groups in total. The van der Waals surface area contributed by atoms with Crippen molar-refractivity contribution < 1.29 is 14.3 Å². The molecule has 1 aromatic heterocycles. The van der Waals surface area contributed by atoms with Gasteiger partial charge < -0.3 is 9.64 Å². The molecular weight excluding hydrogens is 234 g/mol. The quantitative estimate of drug-likeness (QED) is 0.728. The van der Waals surface area contributed by atoms with Crippen molar-refractivity contribution in [2.45, 2.75) is 26.7 Å². The van der Waals surface area contributed by atoms with Crippen LogP contribution in [0.5, 0.6) is 0 Å². The van der Waals surface area contributed by atoms with E-state index in [1.165, 1.54) is 4.90 Å². The van der Waals surface area contributed by atoms with Gasteiger partial charge in [-0.3, -0.25) is 14.7 Å². The number of H-pyrrole nitrogens is 1. The molecule has 0 aliphatic carbocycles. The van der Waals surface area contributed by atoms with Crippen LogP contribution in [0.4, 0.5) is 0 Å². The van der Waals surface area contributed by atoms with Crippen LogP contribution in [0.2, 0.25) is 0 Å². The molecule has 0 aliphatic heterocycles. The number of aromatic nitrogens is 2. The molecule has 0 unspecified atom stereocenters. The predicted octanol–water partition coefficient (Wildman–Crippen LogP) is 0.754. The highest BCUT2D eigenvalue weighted by molar-refractivity contribution is 5.83. The summed E-state index contributed by atoms with van der Waals surface area (Å²) in [5.74, 6) is -0.474. The molecule has 0 spiro atoms. The van der Waals surface area contributed by atoms with Gasteiger partial charge in [0, 0.05) is 18.4 Å². The highest BCUT2D eigenvalue weighted by Gasteiger charge is 2.17. The van der Waals surface area contributed by atoms with Crippen LogP contribution in [0, 0.1) is 0 Å². The summed E-state index contributed by atoms with van der Waals surface area (Å²) < 4.78 is 4.85. The summed E-state index contributed by atoms with van der Waals surface area (Å²) in [4.78, 5) is 24.9. The van der Waals surface area contributed by atoms with Crippen LogP contribution < -0.4 is 0 Å². The third kappa shape index (κ3) is 4.57. The Morgan fingerprint density at radius 1 is 1.44 bits per heavy atom. The van der Waals surface area contributed by atoms with Gasteiger partial charge in [0.15, 0.2) is 0 Å². The Bertz CT molecular complexity index is 376. The molecule has 0 saturated heterocycles. The zero-order valence-corrected chi connectivity index (χ0v) is 10.8. The van der Waals surface area contributed by atoms with Gasteiger partial charge in [-0.05, 0) is 19.4 Å². The minimum absolute atomic E-state index is 0.00858. The van der Waals surface area contributed by atoms with Crippen LogP contribution >= 0.6 is 0 Å². The van der Waals surface area contributed by atoms with E-state index in [4.69, 9.17) is 4.74 Å². The first-order chi connectivity index (χ1) is 8.67. The summed E-state index contributed by atoms with van der Waals surface area (Å²) in [6.07, 6.45) is 2.62. The van der Waals surface area contributed by atoms with Gasteiger partial charge in [-0.25, -0.2) is 0 Å². The van der Waals surface area contributed by atoms with Crippen LogP contribution in [0.15, 0.2) is 12.3 Å². The lowest BCUT2D eigenvalue weighted by molar-refractivity contribution is -0.148. The van der Waals surface area contributed by atoms with Crippen LogP contribution in [-0.4, -0.2) is 46.7 Å². The second-order valence-electron chi connectivity index (χ2n) is 3.88. The molecule has 6 nitrogen and oxygen atoms in total. The second-order valence-corrected chi connectivity index (χ2v) is 3.88. The van der Waals surface area contributed by atoms with Gasteiger partial charge in [-0.2, -0.15) is 5.10 Å². The fourth-order valence-corrected chi connectivity index (χ4v) is 1.58. The average Bonchev–Trinajstić information content (AvgIpc) is 2.81. The van der Waals surface area contributed by atoms with E-state index in [-0.39, 0.29) is 24.8 Å². The molecule has 0 aliphatic rings. The molecule has 0 bridgehead atoms. The summed E-state index contributed by atoms with van der Waals surface area (Å²) in [6.45, 7) is 4.59. The molecule has 1 amide bonds. The van der Waals surface area contributed by atoms with E-state index in [0.717, 1.165) is 12.1 Å². The van der Waals surface area contributed by atoms with Crippen LogP contribution in [0.3, 0.4) is 0 Å². The van der Waals surface area contributed by atoms with Crippen molar-refractivity contribution in [1.29, 1.82) is 0 Å². The average molecular weight is 253 g/mol. The number of ether oxygens (including phenoxy) is 1. The zero-order valence-electron chi connectivity index (χ0n) is 10.8. The minimum atomic E-state index is -0.371. The van der Waals surface area contributed by atoms with Crippen molar-refractivity contribution in [2.75, 3.05) is 19.7 Å². The van der Waals surface area contributed by atoms with E-state index < -0.39 is 0 Å². The van der Waals surface area contributed by atoms with Crippen molar-refractivity contribution in [3.63, 3.8) is 0 Å². The van der Waals surface area contributed by atoms with E-state index in [9.17, 15) is 9.59 Å². The Hall–Kier alpha value is -1.85.